The Morgan fingerprint density at radius 1 is 1.48 bits per heavy atom. The van der Waals surface area contributed by atoms with Gasteiger partial charge in [0.25, 0.3) is 0 Å². The van der Waals surface area contributed by atoms with Gasteiger partial charge in [0.1, 0.15) is 18.1 Å². The van der Waals surface area contributed by atoms with E-state index in [1.165, 1.54) is 12.8 Å². The van der Waals surface area contributed by atoms with Crippen LogP contribution in [0.2, 0.25) is 0 Å². The SMILES string of the molecule is CCOc1ccc2c(c1)CC(C(=O)NC1C3CCCNC31)CO2. The van der Waals surface area contributed by atoms with E-state index in [0.29, 0.717) is 31.2 Å². The van der Waals surface area contributed by atoms with Crippen molar-refractivity contribution in [2.45, 2.75) is 38.3 Å². The van der Waals surface area contributed by atoms with Crippen LogP contribution in [-0.2, 0) is 11.2 Å². The fourth-order valence-electron chi connectivity index (χ4n) is 3.89. The van der Waals surface area contributed by atoms with Gasteiger partial charge >= 0.3 is 0 Å². The molecule has 2 fully saturated rings. The summed E-state index contributed by atoms with van der Waals surface area (Å²) >= 11 is 0. The zero-order valence-electron chi connectivity index (χ0n) is 13.5. The molecule has 2 N–H and O–H groups in total. The van der Waals surface area contributed by atoms with Gasteiger partial charge in [0, 0.05) is 12.1 Å². The lowest BCUT2D eigenvalue weighted by atomic mass is 9.95. The summed E-state index contributed by atoms with van der Waals surface area (Å²) in [6.45, 7) is 4.15. The Morgan fingerprint density at radius 3 is 3.17 bits per heavy atom. The number of hydrogen-bond donors (Lipinski definition) is 2. The Kier molecular flexibility index (Phi) is 3.89. The number of amides is 1. The molecule has 0 radical (unpaired) electrons. The predicted molar refractivity (Wildman–Crippen MR) is 86.7 cm³/mol. The second-order valence-corrected chi connectivity index (χ2v) is 6.73. The maximum Gasteiger partial charge on any atom is 0.227 e. The lowest BCUT2D eigenvalue weighted by molar-refractivity contribution is -0.126. The minimum atomic E-state index is -0.109. The van der Waals surface area contributed by atoms with Crippen molar-refractivity contribution in [2.24, 2.45) is 11.8 Å². The fourth-order valence-corrected chi connectivity index (χ4v) is 3.89. The van der Waals surface area contributed by atoms with Crippen molar-refractivity contribution in [2.75, 3.05) is 19.8 Å². The van der Waals surface area contributed by atoms with Gasteiger partial charge in [0.15, 0.2) is 0 Å². The van der Waals surface area contributed by atoms with Crippen molar-refractivity contribution in [3.05, 3.63) is 23.8 Å². The van der Waals surface area contributed by atoms with Crippen molar-refractivity contribution in [1.82, 2.24) is 10.6 Å². The normalized spacial score (nSPS) is 31.3. The van der Waals surface area contributed by atoms with Crippen LogP contribution in [-0.4, -0.2) is 37.7 Å². The van der Waals surface area contributed by atoms with Crippen LogP contribution < -0.4 is 20.1 Å². The van der Waals surface area contributed by atoms with E-state index in [2.05, 4.69) is 10.6 Å². The maximum atomic E-state index is 12.6. The molecule has 4 rings (SSSR count). The largest absolute Gasteiger partial charge is 0.494 e. The Hall–Kier alpha value is -1.75. The highest BCUT2D eigenvalue weighted by Gasteiger charge is 2.52. The lowest BCUT2D eigenvalue weighted by Crippen LogP contribution is -2.40. The van der Waals surface area contributed by atoms with Crippen LogP contribution in [0.1, 0.15) is 25.3 Å². The van der Waals surface area contributed by atoms with Gasteiger partial charge < -0.3 is 20.1 Å². The summed E-state index contributed by atoms with van der Waals surface area (Å²) in [4.78, 5) is 12.6. The molecule has 1 aliphatic carbocycles. The van der Waals surface area contributed by atoms with E-state index in [0.717, 1.165) is 30.0 Å². The first kappa shape index (κ1) is 14.8. The van der Waals surface area contributed by atoms with E-state index < -0.39 is 0 Å². The predicted octanol–water partition coefficient (Wildman–Crippen LogP) is 1.50. The topological polar surface area (TPSA) is 59.6 Å². The van der Waals surface area contributed by atoms with Gasteiger partial charge in [-0.3, -0.25) is 4.79 Å². The molecule has 1 aromatic carbocycles. The summed E-state index contributed by atoms with van der Waals surface area (Å²) in [7, 11) is 0. The fraction of sp³-hybridized carbons (Fsp3) is 0.611. The average Bonchev–Trinajstić information content (AvgIpc) is 3.27. The number of ether oxygens (including phenoxy) is 2. The van der Waals surface area contributed by atoms with Crippen LogP contribution in [0.4, 0.5) is 0 Å². The third-order valence-corrected chi connectivity index (χ3v) is 5.19. The Bertz CT molecular complexity index is 592. The molecule has 124 valence electrons. The molecule has 3 aliphatic rings. The summed E-state index contributed by atoms with van der Waals surface area (Å²) < 4.78 is 11.3. The minimum Gasteiger partial charge on any atom is -0.494 e. The maximum absolute atomic E-state index is 12.6. The molecule has 5 heteroatoms. The lowest BCUT2D eigenvalue weighted by Gasteiger charge is -2.25. The number of hydrogen-bond acceptors (Lipinski definition) is 4. The molecule has 0 spiro atoms. The number of benzene rings is 1. The molecule has 1 aromatic rings. The van der Waals surface area contributed by atoms with E-state index in [4.69, 9.17) is 9.47 Å². The van der Waals surface area contributed by atoms with Gasteiger partial charge in [-0.2, -0.15) is 0 Å². The molecule has 0 bridgehead atoms. The highest BCUT2D eigenvalue weighted by atomic mass is 16.5. The first-order chi connectivity index (χ1) is 11.3. The Labute approximate surface area is 136 Å². The van der Waals surface area contributed by atoms with Gasteiger partial charge in [-0.1, -0.05) is 0 Å². The number of rotatable bonds is 4. The monoisotopic (exact) mass is 316 g/mol. The number of fused-ring (bicyclic) bond motifs is 2. The molecule has 2 heterocycles. The zero-order chi connectivity index (χ0) is 15.8. The molecule has 1 saturated heterocycles. The summed E-state index contributed by atoms with van der Waals surface area (Å²) in [5.41, 5.74) is 1.06. The second kappa shape index (κ2) is 6.04. The van der Waals surface area contributed by atoms with E-state index >= 15 is 0 Å². The summed E-state index contributed by atoms with van der Waals surface area (Å²) in [5, 5.41) is 6.71. The van der Waals surface area contributed by atoms with Gasteiger partial charge in [-0.25, -0.2) is 0 Å². The van der Waals surface area contributed by atoms with E-state index in [-0.39, 0.29) is 11.8 Å². The molecule has 0 aromatic heterocycles. The molecule has 4 atom stereocenters. The minimum absolute atomic E-state index is 0.109. The van der Waals surface area contributed by atoms with Crippen molar-refractivity contribution in [3.8, 4) is 11.5 Å². The number of carbonyl (C=O) groups excluding carboxylic acids is 1. The van der Waals surface area contributed by atoms with Crippen molar-refractivity contribution in [3.63, 3.8) is 0 Å². The second-order valence-electron chi connectivity index (χ2n) is 6.73. The molecule has 23 heavy (non-hydrogen) atoms. The van der Waals surface area contributed by atoms with Crippen molar-refractivity contribution < 1.29 is 14.3 Å². The smallest absolute Gasteiger partial charge is 0.227 e. The Morgan fingerprint density at radius 2 is 2.39 bits per heavy atom. The zero-order valence-corrected chi connectivity index (χ0v) is 13.5. The highest BCUT2D eigenvalue weighted by Crippen LogP contribution is 2.38. The third kappa shape index (κ3) is 2.90. The standard InChI is InChI=1S/C18H24N2O3/c1-2-22-13-5-6-15-11(9-13)8-12(10-23-15)18(21)20-17-14-4-3-7-19-16(14)17/h5-6,9,12,14,16-17,19H,2-4,7-8,10H2,1H3,(H,20,21). The molecule has 1 amide bonds. The quantitative estimate of drug-likeness (QED) is 0.884. The highest BCUT2D eigenvalue weighted by molar-refractivity contribution is 5.80. The molecule has 2 aliphatic heterocycles. The molecular formula is C18H24N2O3. The van der Waals surface area contributed by atoms with Crippen LogP contribution in [0.5, 0.6) is 11.5 Å². The third-order valence-electron chi connectivity index (χ3n) is 5.19. The van der Waals surface area contributed by atoms with E-state index in [1.807, 2.05) is 25.1 Å². The van der Waals surface area contributed by atoms with Crippen molar-refractivity contribution in [1.29, 1.82) is 0 Å². The van der Waals surface area contributed by atoms with Crippen LogP contribution in [0.3, 0.4) is 0 Å². The van der Waals surface area contributed by atoms with Gasteiger partial charge in [0.2, 0.25) is 5.91 Å². The number of carbonyl (C=O) groups is 1. The summed E-state index contributed by atoms with van der Waals surface area (Å²) in [5.74, 6) is 2.36. The molecule has 4 unspecified atom stereocenters. The van der Waals surface area contributed by atoms with Gasteiger partial charge in [-0.05, 0) is 62.4 Å². The molecular weight excluding hydrogens is 292 g/mol. The summed E-state index contributed by atoms with van der Waals surface area (Å²) in [6.07, 6.45) is 3.16. The van der Waals surface area contributed by atoms with Gasteiger partial charge in [0.05, 0.1) is 12.5 Å². The first-order valence-corrected chi connectivity index (χ1v) is 8.68. The Balaban J connectivity index is 1.39. The average molecular weight is 316 g/mol. The molecule has 1 saturated carbocycles. The van der Waals surface area contributed by atoms with E-state index in [9.17, 15) is 4.79 Å². The van der Waals surface area contributed by atoms with Crippen molar-refractivity contribution >= 4 is 5.91 Å². The number of nitrogens with one attached hydrogen (secondary N) is 2. The van der Waals surface area contributed by atoms with E-state index in [1.54, 1.807) is 0 Å². The van der Waals surface area contributed by atoms with Gasteiger partial charge in [-0.15, -0.1) is 0 Å². The molecule has 5 nitrogen and oxygen atoms in total. The first-order valence-electron chi connectivity index (χ1n) is 8.68. The van der Waals surface area contributed by atoms with Crippen LogP contribution >= 0.6 is 0 Å². The van der Waals surface area contributed by atoms with Crippen LogP contribution in [0, 0.1) is 11.8 Å². The van der Waals surface area contributed by atoms with Crippen LogP contribution in [0.15, 0.2) is 18.2 Å². The summed E-state index contributed by atoms with van der Waals surface area (Å²) in [6, 6.07) is 6.67. The van der Waals surface area contributed by atoms with Crippen LogP contribution in [0.25, 0.3) is 0 Å². The number of piperidine rings is 1.